The summed E-state index contributed by atoms with van der Waals surface area (Å²) in [6.45, 7) is 3.61. The number of hydrogen-bond acceptors (Lipinski definition) is 4. The Hall–Kier alpha value is -4.26. The number of fused-ring (bicyclic) bond motifs is 2. The van der Waals surface area contributed by atoms with Crippen LogP contribution in [0.3, 0.4) is 0 Å². The number of anilines is 1. The highest BCUT2D eigenvalue weighted by molar-refractivity contribution is 5.90. The molecule has 0 bridgehead atoms. The molecule has 0 radical (unpaired) electrons. The fourth-order valence-electron chi connectivity index (χ4n) is 4.37. The van der Waals surface area contributed by atoms with Gasteiger partial charge >= 0.3 is 12.0 Å². The fourth-order valence-corrected chi connectivity index (χ4v) is 4.37. The molecule has 3 aromatic carbocycles. The monoisotopic (exact) mass is 469 g/mol. The maximum absolute atomic E-state index is 12.8. The Kier molecular flexibility index (Phi) is 6.39. The van der Waals surface area contributed by atoms with E-state index in [1.807, 2.05) is 76.3 Å². The van der Waals surface area contributed by atoms with Gasteiger partial charge < -0.3 is 24.3 Å². The average Bonchev–Trinajstić information content (AvgIpc) is 3.28. The van der Waals surface area contributed by atoms with E-state index in [9.17, 15) is 9.59 Å². The largest absolute Gasteiger partial charge is 0.465 e. The quantitative estimate of drug-likeness (QED) is 0.374. The number of esters is 1. The highest BCUT2D eigenvalue weighted by Gasteiger charge is 2.20. The van der Waals surface area contributed by atoms with Crippen LogP contribution in [0, 0.1) is 0 Å². The predicted molar refractivity (Wildman–Crippen MR) is 135 cm³/mol. The van der Waals surface area contributed by atoms with Crippen molar-refractivity contribution in [3.05, 3.63) is 90.1 Å². The van der Waals surface area contributed by atoms with Gasteiger partial charge in [0.05, 0.1) is 12.1 Å². The van der Waals surface area contributed by atoms with Gasteiger partial charge in [0.2, 0.25) is 0 Å². The number of benzene rings is 3. The Balaban J connectivity index is 1.24. The molecule has 1 aliphatic heterocycles. The number of amides is 2. The lowest BCUT2D eigenvalue weighted by molar-refractivity contribution is -0.143. The average molecular weight is 470 g/mol. The molecule has 0 saturated heterocycles. The van der Waals surface area contributed by atoms with Crippen molar-refractivity contribution in [2.45, 2.75) is 26.4 Å². The van der Waals surface area contributed by atoms with Crippen molar-refractivity contribution in [2.75, 3.05) is 18.5 Å². The zero-order valence-corrected chi connectivity index (χ0v) is 19.6. The topological polar surface area (TPSA) is 72.8 Å². The molecule has 7 heteroatoms. The van der Waals surface area contributed by atoms with Crippen LogP contribution in [0.4, 0.5) is 10.5 Å². The van der Waals surface area contributed by atoms with Gasteiger partial charge in [-0.15, -0.1) is 0 Å². The summed E-state index contributed by atoms with van der Waals surface area (Å²) in [6, 6.07) is 23.1. The first-order chi connectivity index (χ1) is 17.1. The highest BCUT2D eigenvalue weighted by Crippen LogP contribution is 2.31. The number of urea groups is 1. The lowest BCUT2D eigenvalue weighted by Crippen LogP contribution is -2.38. The number of rotatable bonds is 6. The summed E-state index contributed by atoms with van der Waals surface area (Å²) in [5.74, 6) is 1.07. The van der Waals surface area contributed by atoms with Gasteiger partial charge in [-0.2, -0.15) is 0 Å². The molecule has 35 heavy (non-hydrogen) atoms. The van der Waals surface area contributed by atoms with Gasteiger partial charge in [0, 0.05) is 30.4 Å². The van der Waals surface area contributed by atoms with Gasteiger partial charge in [-0.3, -0.25) is 4.79 Å². The minimum Gasteiger partial charge on any atom is -0.465 e. The molecule has 1 aliphatic rings. The van der Waals surface area contributed by atoms with E-state index in [1.54, 1.807) is 6.92 Å². The van der Waals surface area contributed by atoms with E-state index in [0.717, 1.165) is 17.3 Å². The maximum atomic E-state index is 12.8. The van der Waals surface area contributed by atoms with Crippen molar-refractivity contribution in [3.63, 3.8) is 0 Å². The van der Waals surface area contributed by atoms with Crippen LogP contribution >= 0.6 is 0 Å². The van der Waals surface area contributed by atoms with Crippen LogP contribution in [0.2, 0.25) is 0 Å². The Bertz CT molecular complexity index is 1360. The van der Waals surface area contributed by atoms with Gasteiger partial charge in [-0.1, -0.05) is 30.3 Å². The van der Waals surface area contributed by atoms with Gasteiger partial charge in [0.1, 0.15) is 18.0 Å². The van der Waals surface area contributed by atoms with Crippen LogP contribution in [0.15, 0.2) is 79.0 Å². The molecule has 0 saturated carbocycles. The minimum atomic E-state index is -0.275. The van der Waals surface area contributed by atoms with Gasteiger partial charge in [0.15, 0.2) is 0 Å². The number of nitrogens with zero attached hydrogens (tertiary/aromatic N) is 2. The van der Waals surface area contributed by atoms with E-state index in [4.69, 9.17) is 9.47 Å². The Morgan fingerprint density at radius 1 is 0.943 bits per heavy atom. The van der Waals surface area contributed by atoms with Crippen molar-refractivity contribution in [2.24, 2.45) is 0 Å². The molecule has 0 fully saturated rings. The predicted octanol–water partition coefficient (Wildman–Crippen LogP) is 5.59. The number of carbonyl (C=O) groups excluding carboxylic acids is 2. The first kappa shape index (κ1) is 22.5. The summed E-state index contributed by atoms with van der Waals surface area (Å²) < 4.78 is 13.0. The van der Waals surface area contributed by atoms with Gasteiger partial charge in [0.25, 0.3) is 0 Å². The molecular formula is C28H27N3O4. The second kappa shape index (κ2) is 9.93. The summed E-state index contributed by atoms with van der Waals surface area (Å²) in [7, 11) is 0. The first-order valence-electron chi connectivity index (χ1n) is 11.7. The second-order valence-corrected chi connectivity index (χ2v) is 8.43. The summed E-state index contributed by atoms with van der Waals surface area (Å²) in [5, 5.41) is 3.88. The molecule has 1 N–H and O–H groups in total. The molecule has 0 atom stereocenters. The maximum Gasteiger partial charge on any atom is 0.325 e. The van der Waals surface area contributed by atoms with E-state index in [-0.39, 0.29) is 18.5 Å². The molecule has 0 spiro atoms. The smallest absolute Gasteiger partial charge is 0.325 e. The molecule has 5 rings (SSSR count). The standard InChI is InChI=1S/C28H27N3O4/c1-2-34-27(32)19-30-17-15-24-25(30)8-5-9-26(24)35-23-12-10-22(11-13-23)29-28(33)31-16-14-20-6-3-4-7-21(20)18-31/h3-13,15,17H,2,14,16,18-19H2,1H3,(H,29,33). The third-order valence-corrected chi connectivity index (χ3v) is 6.13. The fraction of sp³-hybridized carbons (Fsp3) is 0.214. The van der Waals surface area contributed by atoms with Crippen molar-refractivity contribution in [1.29, 1.82) is 0 Å². The summed E-state index contributed by atoms with van der Waals surface area (Å²) in [4.78, 5) is 26.5. The summed E-state index contributed by atoms with van der Waals surface area (Å²) in [6.07, 6.45) is 2.72. The SMILES string of the molecule is CCOC(=O)Cn1ccc2c(Oc3ccc(NC(=O)N4CCc5ccccc5C4)cc3)cccc21. The van der Waals surface area contributed by atoms with E-state index < -0.39 is 0 Å². The lowest BCUT2D eigenvalue weighted by atomic mass is 10.0. The van der Waals surface area contributed by atoms with Crippen LogP contribution in [0.1, 0.15) is 18.1 Å². The third kappa shape index (κ3) is 4.99. The van der Waals surface area contributed by atoms with E-state index in [1.165, 1.54) is 11.1 Å². The van der Waals surface area contributed by atoms with E-state index in [0.29, 0.717) is 36.9 Å². The van der Waals surface area contributed by atoms with E-state index >= 15 is 0 Å². The first-order valence-corrected chi connectivity index (χ1v) is 11.7. The lowest BCUT2D eigenvalue weighted by Gasteiger charge is -2.29. The van der Waals surface area contributed by atoms with E-state index in [2.05, 4.69) is 17.4 Å². The summed E-state index contributed by atoms with van der Waals surface area (Å²) >= 11 is 0. The number of ether oxygens (including phenoxy) is 2. The normalized spacial score (nSPS) is 12.8. The zero-order valence-electron chi connectivity index (χ0n) is 19.6. The molecule has 1 aromatic heterocycles. The molecule has 2 heterocycles. The number of carbonyl (C=O) groups is 2. The van der Waals surface area contributed by atoms with Crippen molar-refractivity contribution in [3.8, 4) is 11.5 Å². The Labute approximate surface area is 203 Å². The second-order valence-electron chi connectivity index (χ2n) is 8.43. The summed E-state index contributed by atoms with van der Waals surface area (Å²) in [5.41, 5.74) is 4.11. The van der Waals surface area contributed by atoms with Gasteiger partial charge in [-0.25, -0.2) is 4.79 Å². The molecule has 0 aliphatic carbocycles. The van der Waals surface area contributed by atoms with Crippen LogP contribution < -0.4 is 10.1 Å². The molecule has 178 valence electrons. The van der Waals surface area contributed by atoms with Crippen molar-refractivity contribution >= 4 is 28.6 Å². The van der Waals surface area contributed by atoms with Crippen LogP contribution in [-0.4, -0.2) is 34.6 Å². The molecule has 0 unspecified atom stereocenters. The Morgan fingerprint density at radius 2 is 1.74 bits per heavy atom. The van der Waals surface area contributed by atoms with Crippen LogP contribution in [-0.2, 0) is 29.0 Å². The Morgan fingerprint density at radius 3 is 2.54 bits per heavy atom. The molecule has 4 aromatic rings. The number of nitrogens with one attached hydrogen (secondary N) is 1. The molecular weight excluding hydrogens is 442 g/mol. The highest BCUT2D eigenvalue weighted by atomic mass is 16.5. The molecule has 7 nitrogen and oxygen atoms in total. The number of hydrogen-bond donors (Lipinski definition) is 1. The van der Waals surface area contributed by atoms with Crippen LogP contribution in [0.5, 0.6) is 11.5 Å². The van der Waals surface area contributed by atoms with Crippen molar-refractivity contribution < 1.29 is 19.1 Å². The molecule has 2 amide bonds. The zero-order chi connectivity index (χ0) is 24.2. The minimum absolute atomic E-state index is 0.110. The van der Waals surface area contributed by atoms with Gasteiger partial charge in [-0.05, 0) is 66.9 Å². The number of aromatic nitrogens is 1. The third-order valence-electron chi connectivity index (χ3n) is 6.13. The van der Waals surface area contributed by atoms with Crippen molar-refractivity contribution in [1.82, 2.24) is 9.47 Å². The van der Waals surface area contributed by atoms with Crippen LogP contribution in [0.25, 0.3) is 10.9 Å².